The number of ether oxygens (including phenoxy) is 1. The third kappa shape index (κ3) is 4.93. The van der Waals surface area contributed by atoms with E-state index in [1.54, 1.807) is 6.92 Å². The van der Waals surface area contributed by atoms with Gasteiger partial charge in [0.1, 0.15) is 6.54 Å². The minimum Gasteiger partial charge on any atom is -0.465 e. The van der Waals surface area contributed by atoms with Crippen LogP contribution in [0.1, 0.15) is 35.3 Å². The van der Waals surface area contributed by atoms with Crippen LogP contribution in [-0.2, 0) is 22.5 Å². The van der Waals surface area contributed by atoms with Crippen LogP contribution in [-0.4, -0.2) is 37.1 Å². The Morgan fingerprint density at radius 1 is 1.10 bits per heavy atom. The highest BCUT2D eigenvalue weighted by molar-refractivity contribution is 6.07. The van der Waals surface area contributed by atoms with Crippen molar-refractivity contribution < 1.29 is 19.1 Å². The van der Waals surface area contributed by atoms with Crippen LogP contribution in [0.3, 0.4) is 0 Å². The highest BCUT2D eigenvalue weighted by Crippen LogP contribution is 2.34. The number of hydrogen-bond donors (Lipinski definition) is 2. The van der Waals surface area contributed by atoms with Gasteiger partial charge in [0.05, 0.1) is 6.61 Å². The summed E-state index contributed by atoms with van der Waals surface area (Å²) in [5.41, 5.74) is 3.50. The fraction of sp³-hybridized carbons (Fsp3) is 0.318. The van der Waals surface area contributed by atoms with E-state index < -0.39 is 12.0 Å². The number of carbonyl (C=O) groups is 3. The zero-order chi connectivity index (χ0) is 20.8. The predicted octanol–water partition coefficient (Wildman–Crippen LogP) is 2.64. The highest BCUT2D eigenvalue weighted by Gasteiger charge is 2.31. The molecule has 7 nitrogen and oxygen atoms in total. The summed E-state index contributed by atoms with van der Waals surface area (Å²) in [7, 11) is 0. The van der Waals surface area contributed by atoms with E-state index in [-0.39, 0.29) is 31.6 Å². The summed E-state index contributed by atoms with van der Waals surface area (Å²) in [6, 6.07) is 14.7. The SMILES string of the molecule is CCOC(=O)CNC(=O)NCc1ccc2c(c1)N(C(=O)c1ccccc1)C(C)C2. The van der Waals surface area contributed by atoms with E-state index >= 15 is 0 Å². The smallest absolute Gasteiger partial charge is 0.325 e. The molecule has 29 heavy (non-hydrogen) atoms. The van der Waals surface area contributed by atoms with Crippen molar-refractivity contribution in [2.75, 3.05) is 18.1 Å². The number of carbonyl (C=O) groups excluding carboxylic acids is 3. The highest BCUT2D eigenvalue weighted by atomic mass is 16.5. The third-order valence-electron chi connectivity index (χ3n) is 4.76. The molecule has 0 radical (unpaired) electrons. The number of esters is 1. The second-order valence-corrected chi connectivity index (χ2v) is 6.90. The van der Waals surface area contributed by atoms with E-state index in [0.29, 0.717) is 5.56 Å². The molecule has 2 aromatic carbocycles. The Balaban J connectivity index is 1.66. The van der Waals surface area contributed by atoms with Crippen molar-refractivity contribution in [1.29, 1.82) is 0 Å². The summed E-state index contributed by atoms with van der Waals surface area (Å²) in [5, 5.41) is 5.17. The fourth-order valence-corrected chi connectivity index (χ4v) is 3.40. The maximum atomic E-state index is 13.0. The first-order valence-electron chi connectivity index (χ1n) is 9.67. The molecule has 0 bridgehead atoms. The van der Waals surface area contributed by atoms with Gasteiger partial charge in [0.2, 0.25) is 0 Å². The van der Waals surface area contributed by atoms with Gasteiger partial charge in [-0.2, -0.15) is 0 Å². The number of benzene rings is 2. The lowest BCUT2D eigenvalue weighted by atomic mass is 10.1. The molecule has 0 saturated carbocycles. The van der Waals surface area contributed by atoms with Crippen LogP contribution in [0, 0.1) is 0 Å². The van der Waals surface area contributed by atoms with Crippen LogP contribution in [0.25, 0.3) is 0 Å². The van der Waals surface area contributed by atoms with Gasteiger partial charge in [0.25, 0.3) is 5.91 Å². The minimum absolute atomic E-state index is 0.0332. The fourth-order valence-electron chi connectivity index (χ4n) is 3.40. The van der Waals surface area contributed by atoms with Crippen molar-refractivity contribution in [2.24, 2.45) is 0 Å². The Bertz CT molecular complexity index is 898. The lowest BCUT2D eigenvalue weighted by Crippen LogP contribution is -2.38. The molecule has 1 atom stereocenters. The monoisotopic (exact) mass is 395 g/mol. The van der Waals surface area contributed by atoms with Crippen molar-refractivity contribution in [1.82, 2.24) is 10.6 Å². The van der Waals surface area contributed by atoms with Crippen molar-refractivity contribution in [3.63, 3.8) is 0 Å². The number of urea groups is 1. The molecule has 3 rings (SSSR count). The van der Waals surface area contributed by atoms with Crippen LogP contribution >= 0.6 is 0 Å². The van der Waals surface area contributed by atoms with Gasteiger partial charge in [-0.15, -0.1) is 0 Å². The van der Waals surface area contributed by atoms with Crippen LogP contribution < -0.4 is 15.5 Å². The molecule has 2 N–H and O–H groups in total. The second kappa shape index (κ2) is 9.23. The van der Waals surface area contributed by atoms with Crippen molar-refractivity contribution in [3.05, 3.63) is 65.2 Å². The Morgan fingerprint density at radius 2 is 1.86 bits per heavy atom. The third-order valence-corrected chi connectivity index (χ3v) is 4.76. The van der Waals surface area contributed by atoms with E-state index in [4.69, 9.17) is 4.74 Å². The van der Waals surface area contributed by atoms with E-state index in [1.807, 2.05) is 60.4 Å². The normalized spacial score (nSPS) is 14.8. The molecular formula is C22H25N3O4. The van der Waals surface area contributed by atoms with Crippen LogP contribution in [0.5, 0.6) is 0 Å². The summed E-state index contributed by atoms with van der Waals surface area (Å²) in [6.45, 7) is 4.11. The zero-order valence-electron chi connectivity index (χ0n) is 16.6. The number of nitrogens with zero attached hydrogens (tertiary/aromatic N) is 1. The molecule has 7 heteroatoms. The van der Waals surface area contributed by atoms with E-state index in [9.17, 15) is 14.4 Å². The second-order valence-electron chi connectivity index (χ2n) is 6.90. The van der Waals surface area contributed by atoms with Crippen LogP contribution in [0.15, 0.2) is 48.5 Å². The lowest BCUT2D eigenvalue weighted by molar-refractivity contribution is -0.141. The summed E-state index contributed by atoms with van der Waals surface area (Å²) in [6.07, 6.45) is 0.793. The van der Waals surface area contributed by atoms with Gasteiger partial charge in [-0.25, -0.2) is 4.79 Å². The summed E-state index contributed by atoms with van der Waals surface area (Å²) >= 11 is 0. The largest absolute Gasteiger partial charge is 0.465 e. The molecule has 152 valence electrons. The number of hydrogen-bond acceptors (Lipinski definition) is 4. The average molecular weight is 395 g/mol. The Kier molecular flexibility index (Phi) is 6.49. The van der Waals surface area contributed by atoms with Crippen molar-refractivity contribution >= 4 is 23.6 Å². The van der Waals surface area contributed by atoms with Gasteiger partial charge in [0, 0.05) is 23.8 Å². The van der Waals surface area contributed by atoms with Gasteiger partial charge in [0.15, 0.2) is 0 Å². The maximum absolute atomic E-state index is 13.0. The zero-order valence-corrected chi connectivity index (χ0v) is 16.6. The molecule has 1 heterocycles. The molecular weight excluding hydrogens is 370 g/mol. The quantitative estimate of drug-likeness (QED) is 0.736. The van der Waals surface area contributed by atoms with Gasteiger partial charge in [-0.05, 0) is 49.6 Å². The molecule has 1 aliphatic rings. The van der Waals surface area contributed by atoms with Gasteiger partial charge in [-0.1, -0.05) is 30.3 Å². The Morgan fingerprint density at radius 3 is 2.59 bits per heavy atom. The molecule has 0 saturated heterocycles. The molecule has 0 aliphatic carbocycles. The lowest BCUT2D eigenvalue weighted by Gasteiger charge is -2.23. The number of fused-ring (bicyclic) bond motifs is 1. The molecule has 1 unspecified atom stereocenters. The van der Waals surface area contributed by atoms with E-state index in [2.05, 4.69) is 10.6 Å². The summed E-state index contributed by atoms with van der Waals surface area (Å²) < 4.78 is 4.77. The number of nitrogens with one attached hydrogen (secondary N) is 2. The van der Waals surface area contributed by atoms with Crippen molar-refractivity contribution in [3.8, 4) is 0 Å². The summed E-state index contributed by atoms with van der Waals surface area (Å²) in [4.78, 5) is 38.0. The number of rotatable bonds is 6. The number of amides is 3. The number of anilines is 1. The minimum atomic E-state index is -0.482. The summed E-state index contributed by atoms with van der Waals surface area (Å²) in [5.74, 6) is -0.515. The predicted molar refractivity (Wildman–Crippen MR) is 110 cm³/mol. The average Bonchev–Trinajstić information content (AvgIpc) is 3.06. The standard InChI is InChI=1S/C22H25N3O4/c1-3-29-20(26)14-24-22(28)23-13-16-9-10-18-11-15(2)25(19(18)12-16)21(27)17-7-5-4-6-8-17/h4-10,12,15H,3,11,13-14H2,1-2H3,(H2,23,24,28). The van der Waals surface area contributed by atoms with Crippen molar-refractivity contribution in [2.45, 2.75) is 32.9 Å². The topological polar surface area (TPSA) is 87.7 Å². The molecule has 0 fully saturated rings. The van der Waals surface area contributed by atoms with Gasteiger partial charge >= 0.3 is 12.0 Å². The maximum Gasteiger partial charge on any atom is 0.325 e. The first kappa shape index (κ1) is 20.4. The molecule has 1 aliphatic heterocycles. The molecule has 2 aromatic rings. The van der Waals surface area contributed by atoms with Gasteiger partial charge < -0.3 is 20.3 Å². The van der Waals surface area contributed by atoms with Crippen LogP contribution in [0.4, 0.5) is 10.5 Å². The Labute approximate surface area is 170 Å². The molecule has 3 amide bonds. The Hall–Kier alpha value is -3.35. The first-order valence-corrected chi connectivity index (χ1v) is 9.67. The first-order chi connectivity index (χ1) is 14.0. The van der Waals surface area contributed by atoms with E-state index in [0.717, 1.165) is 23.2 Å². The van der Waals surface area contributed by atoms with E-state index in [1.165, 1.54) is 0 Å². The molecule has 0 aromatic heterocycles. The molecule has 0 spiro atoms. The van der Waals surface area contributed by atoms with Crippen LogP contribution in [0.2, 0.25) is 0 Å². The van der Waals surface area contributed by atoms with Gasteiger partial charge in [-0.3, -0.25) is 9.59 Å².